The molecular formula is C18H20FNO2. The highest BCUT2D eigenvalue weighted by atomic mass is 19.1. The van der Waals surface area contributed by atoms with E-state index >= 15 is 0 Å². The molecule has 0 atom stereocenters. The number of likely N-dealkylation sites (N-methyl/N-ethyl adjacent to an activating group) is 1. The van der Waals surface area contributed by atoms with E-state index in [1.165, 1.54) is 19.2 Å². The van der Waals surface area contributed by atoms with Crippen LogP contribution in [0.1, 0.15) is 18.1 Å². The average molecular weight is 301 g/mol. The van der Waals surface area contributed by atoms with Gasteiger partial charge in [0.15, 0.2) is 0 Å². The van der Waals surface area contributed by atoms with E-state index < -0.39 is 0 Å². The van der Waals surface area contributed by atoms with Gasteiger partial charge in [-0.2, -0.15) is 0 Å². The molecule has 0 radical (unpaired) electrons. The maximum absolute atomic E-state index is 13.4. The van der Waals surface area contributed by atoms with E-state index in [4.69, 9.17) is 4.74 Å². The summed E-state index contributed by atoms with van der Waals surface area (Å²) < 4.78 is 18.6. The molecule has 0 aliphatic heterocycles. The van der Waals surface area contributed by atoms with E-state index in [2.05, 4.69) is 0 Å². The van der Waals surface area contributed by atoms with Gasteiger partial charge in [-0.15, -0.1) is 0 Å². The van der Waals surface area contributed by atoms with E-state index in [1.807, 2.05) is 37.3 Å². The van der Waals surface area contributed by atoms with Crippen LogP contribution in [0.5, 0.6) is 5.75 Å². The van der Waals surface area contributed by atoms with Crippen molar-refractivity contribution in [2.45, 2.75) is 19.9 Å². The number of carbonyl (C=O) groups excluding carboxylic acids is 1. The standard InChI is InChI=1S/C18H20FNO2/c1-3-20(13-14-7-5-4-6-8-14)18(21)12-15-11-16(19)9-10-17(15)22-2/h4-11H,3,12-13H2,1-2H3. The summed E-state index contributed by atoms with van der Waals surface area (Å²) in [6, 6.07) is 14.0. The number of ether oxygens (including phenoxy) is 1. The molecule has 0 unspecified atom stereocenters. The predicted molar refractivity (Wildman–Crippen MR) is 84.2 cm³/mol. The Labute approximate surface area is 130 Å². The van der Waals surface area contributed by atoms with Crippen molar-refractivity contribution in [1.29, 1.82) is 0 Å². The largest absolute Gasteiger partial charge is 0.496 e. The van der Waals surface area contributed by atoms with Crippen LogP contribution in [0.15, 0.2) is 48.5 Å². The third kappa shape index (κ3) is 4.07. The van der Waals surface area contributed by atoms with Crippen LogP contribution in [-0.2, 0) is 17.8 Å². The topological polar surface area (TPSA) is 29.5 Å². The van der Waals surface area contributed by atoms with E-state index in [9.17, 15) is 9.18 Å². The third-order valence-corrected chi connectivity index (χ3v) is 3.53. The highest BCUT2D eigenvalue weighted by molar-refractivity contribution is 5.79. The minimum Gasteiger partial charge on any atom is -0.496 e. The monoisotopic (exact) mass is 301 g/mol. The highest BCUT2D eigenvalue weighted by Crippen LogP contribution is 2.21. The van der Waals surface area contributed by atoms with E-state index in [1.54, 1.807) is 11.0 Å². The lowest BCUT2D eigenvalue weighted by Gasteiger charge is -2.21. The molecule has 0 bridgehead atoms. The molecule has 0 N–H and O–H groups in total. The second kappa shape index (κ2) is 7.59. The Morgan fingerprint density at radius 2 is 1.91 bits per heavy atom. The van der Waals surface area contributed by atoms with Crippen LogP contribution in [0.3, 0.4) is 0 Å². The van der Waals surface area contributed by atoms with Gasteiger partial charge >= 0.3 is 0 Å². The van der Waals surface area contributed by atoms with Crippen molar-refractivity contribution in [2.75, 3.05) is 13.7 Å². The molecule has 2 aromatic carbocycles. The van der Waals surface area contributed by atoms with Crippen LogP contribution in [0.4, 0.5) is 4.39 Å². The number of hydrogen-bond acceptors (Lipinski definition) is 2. The van der Waals surface area contributed by atoms with Crippen LogP contribution < -0.4 is 4.74 Å². The fourth-order valence-electron chi connectivity index (χ4n) is 2.34. The minimum absolute atomic E-state index is 0.0461. The lowest BCUT2D eigenvalue weighted by molar-refractivity contribution is -0.130. The molecule has 4 heteroatoms. The third-order valence-electron chi connectivity index (χ3n) is 3.53. The molecule has 0 fully saturated rings. The van der Waals surface area contributed by atoms with Gasteiger partial charge in [-0.25, -0.2) is 4.39 Å². The zero-order chi connectivity index (χ0) is 15.9. The van der Waals surface area contributed by atoms with Gasteiger partial charge in [0.05, 0.1) is 13.5 Å². The molecule has 0 aliphatic rings. The van der Waals surface area contributed by atoms with Crippen molar-refractivity contribution >= 4 is 5.91 Å². The SMILES string of the molecule is CCN(Cc1ccccc1)C(=O)Cc1cc(F)ccc1OC. The van der Waals surface area contributed by atoms with Crippen molar-refractivity contribution < 1.29 is 13.9 Å². The minimum atomic E-state index is -0.366. The van der Waals surface area contributed by atoms with Crippen LogP contribution in [-0.4, -0.2) is 24.5 Å². The fraction of sp³-hybridized carbons (Fsp3) is 0.278. The first-order valence-corrected chi connectivity index (χ1v) is 7.28. The maximum Gasteiger partial charge on any atom is 0.227 e. The average Bonchev–Trinajstić information content (AvgIpc) is 2.53. The Kier molecular flexibility index (Phi) is 5.53. The van der Waals surface area contributed by atoms with Crippen LogP contribution in [0.2, 0.25) is 0 Å². The zero-order valence-corrected chi connectivity index (χ0v) is 12.9. The lowest BCUT2D eigenvalue weighted by atomic mass is 10.1. The second-order valence-corrected chi connectivity index (χ2v) is 5.03. The molecule has 0 spiro atoms. The van der Waals surface area contributed by atoms with Gasteiger partial charge < -0.3 is 9.64 Å². The first-order chi connectivity index (χ1) is 10.6. The molecule has 0 heterocycles. The Balaban J connectivity index is 2.11. The number of halogens is 1. The molecule has 2 aromatic rings. The Hall–Kier alpha value is -2.36. The van der Waals surface area contributed by atoms with Gasteiger partial charge in [0.2, 0.25) is 5.91 Å². The van der Waals surface area contributed by atoms with Gasteiger partial charge in [0, 0.05) is 18.7 Å². The molecule has 0 saturated carbocycles. The van der Waals surface area contributed by atoms with Crippen molar-refractivity contribution in [2.24, 2.45) is 0 Å². The van der Waals surface area contributed by atoms with Gasteiger partial charge in [-0.05, 0) is 30.7 Å². The molecule has 2 rings (SSSR count). The smallest absolute Gasteiger partial charge is 0.227 e. The fourth-order valence-corrected chi connectivity index (χ4v) is 2.34. The van der Waals surface area contributed by atoms with E-state index in [0.29, 0.717) is 24.4 Å². The summed E-state index contributed by atoms with van der Waals surface area (Å²) in [5.41, 5.74) is 1.64. The van der Waals surface area contributed by atoms with Crippen molar-refractivity contribution in [3.05, 3.63) is 65.5 Å². The zero-order valence-electron chi connectivity index (χ0n) is 12.9. The van der Waals surface area contributed by atoms with Crippen LogP contribution >= 0.6 is 0 Å². The summed E-state index contributed by atoms with van der Waals surface area (Å²) >= 11 is 0. The molecule has 1 amide bonds. The van der Waals surface area contributed by atoms with Crippen LogP contribution in [0, 0.1) is 5.82 Å². The molecule has 0 aliphatic carbocycles. The number of benzene rings is 2. The Bertz CT molecular complexity index is 628. The number of amides is 1. The lowest BCUT2D eigenvalue weighted by Crippen LogP contribution is -2.31. The van der Waals surface area contributed by atoms with Crippen molar-refractivity contribution in [1.82, 2.24) is 4.90 Å². The van der Waals surface area contributed by atoms with E-state index in [0.717, 1.165) is 5.56 Å². The number of carbonyl (C=O) groups is 1. The first kappa shape index (κ1) is 16.0. The Morgan fingerprint density at radius 3 is 2.55 bits per heavy atom. The number of rotatable bonds is 6. The molecule has 3 nitrogen and oxygen atoms in total. The van der Waals surface area contributed by atoms with Gasteiger partial charge in [0.1, 0.15) is 11.6 Å². The summed E-state index contributed by atoms with van der Waals surface area (Å²) in [6.45, 7) is 3.09. The summed E-state index contributed by atoms with van der Waals surface area (Å²) in [7, 11) is 1.52. The second-order valence-electron chi connectivity index (χ2n) is 5.03. The number of nitrogens with zero attached hydrogens (tertiary/aromatic N) is 1. The van der Waals surface area contributed by atoms with Crippen molar-refractivity contribution in [3.63, 3.8) is 0 Å². The predicted octanol–water partition coefficient (Wildman–Crippen LogP) is 3.43. The molecule has 22 heavy (non-hydrogen) atoms. The molecule has 0 aromatic heterocycles. The van der Waals surface area contributed by atoms with Gasteiger partial charge in [-0.1, -0.05) is 30.3 Å². The van der Waals surface area contributed by atoms with Crippen LogP contribution in [0.25, 0.3) is 0 Å². The molecule has 0 saturated heterocycles. The summed E-state index contributed by atoms with van der Waals surface area (Å²) in [6.07, 6.45) is 0.127. The number of methoxy groups -OCH3 is 1. The van der Waals surface area contributed by atoms with Gasteiger partial charge in [-0.3, -0.25) is 4.79 Å². The normalized spacial score (nSPS) is 10.3. The Morgan fingerprint density at radius 1 is 1.18 bits per heavy atom. The van der Waals surface area contributed by atoms with Gasteiger partial charge in [0.25, 0.3) is 0 Å². The molecule has 116 valence electrons. The summed E-state index contributed by atoms with van der Waals surface area (Å²) in [5, 5.41) is 0. The molecular weight excluding hydrogens is 281 g/mol. The number of hydrogen-bond donors (Lipinski definition) is 0. The highest BCUT2D eigenvalue weighted by Gasteiger charge is 2.15. The maximum atomic E-state index is 13.4. The summed E-state index contributed by atoms with van der Waals surface area (Å²) in [4.78, 5) is 14.2. The van der Waals surface area contributed by atoms with E-state index in [-0.39, 0.29) is 18.1 Å². The first-order valence-electron chi connectivity index (χ1n) is 7.28. The summed E-state index contributed by atoms with van der Waals surface area (Å²) in [5.74, 6) is 0.121. The quantitative estimate of drug-likeness (QED) is 0.818. The van der Waals surface area contributed by atoms with Crippen molar-refractivity contribution in [3.8, 4) is 5.75 Å².